The van der Waals surface area contributed by atoms with Gasteiger partial charge in [0.2, 0.25) is 0 Å². The number of nitriles is 1. The molecular weight excluding hydrogens is 394 g/mol. The Morgan fingerprint density at radius 3 is 2.30 bits per heavy atom. The largest absolute Gasteiger partial charge is 0.266 e. The lowest BCUT2D eigenvalue weighted by Gasteiger charge is -2.25. The Kier molecular flexibility index (Phi) is 5.46. The lowest BCUT2D eigenvalue weighted by molar-refractivity contribution is 0.590. The average molecular weight is 414 g/mol. The molecule has 30 heavy (non-hydrogen) atoms. The predicted octanol–water partition coefficient (Wildman–Crippen LogP) is 4.54. The number of rotatable bonds is 6. The normalized spacial score (nSPS) is 11.2. The van der Waals surface area contributed by atoms with E-state index in [-0.39, 0.29) is 11.4 Å². The maximum Gasteiger partial charge on any atom is 0.264 e. The van der Waals surface area contributed by atoms with Gasteiger partial charge in [0, 0.05) is 24.9 Å². The van der Waals surface area contributed by atoms with E-state index < -0.39 is 10.0 Å². The number of benzene rings is 3. The Balaban J connectivity index is 1.76. The minimum absolute atomic E-state index is 0.149. The van der Waals surface area contributed by atoms with Gasteiger partial charge in [-0.15, -0.1) is 0 Å². The van der Waals surface area contributed by atoms with Crippen LogP contribution in [0.3, 0.4) is 0 Å². The van der Waals surface area contributed by atoms with Gasteiger partial charge in [-0.25, -0.2) is 8.42 Å². The maximum absolute atomic E-state index is 13.5. The quantitative estimate of drug-likeness (QED) is 0.465. The summed E-state index contributed by atoms with van der Waals surface area (Å²) in [5, 5.41) is 11.0. The molecule has 0 unspecified atom stereocenters. The van der Waals surface area contributed by atoms with E-state index in [4.69, 9.17) is 5.26 Å². The number of hydrogen-bond acceptors (Lipinski definition) is 4. The molecule has 148 valence electrons. The molecule has 0 saturated carbocycles. The number of fused-ring (bicyclic) bond motifs is 1. The van der Waals surface area contributed by atoms with E-state index in [0.29, 0.717) is 17.7 Å². The summed E-state index contributed by atoms with van der Waals surface area (Å²) in [6, 6.07) is 27.1. The van der Waals surface area contributed by atoms with E-state index in [0.717, 1.165) is 16.5 Å². The van der Waals surface area contributed by atoms with Crippen LogP contribution in [-0.4, -0.2) is 19.9 Å². The molecule has 0 radical (unpaired) electrons. The van der Waals surface area contributed by atoms with Crippen LogP contribution in [-0.2, 0) is 16.4 Å². The van der Waals surface area contributed by atoms with Crippen molar-refractivity contribution in [2.45, 2.75) is 11.3 Å². The highest BCUT2D eigenvalue weighted by Crippen LogP contribution is 2.28. The molecule has 0 fully saturated rings. The van der Waals surface area contributed by atoms with Crippen molar-refractivity contribution >= 4 is 26.5 Å². The molecule has 5 nitrogen and oxygen atoms in total. The van der Waals surface area contributed by atoms with E-state index in [1.165, 1.54) is 28.6 Å². The number of aromatic nitrogens is 1. The summed E-state index contributed by atoms with van der Waals surface area (Å²) in [4.78, 5) is 4.46. The molecule has 4 rings (SSSR count). The molecule has 3 aromatic carbocycles. The van der Waals surface area contributed by atoms with Crippen LogP contribution in [0.5, 0.6) is 0 Å². The summed E-state index contributed by atoms with van der Waals surface area (Å²) in [7, 11) is -3.82. The highest BCUT2D eigenvalue weighted by molar-refractivity contribution is 7.92. The van der Waals surface area contributed by atoms with Crippen LogP contribution in [0.2, 0.25) is 0 Å². The van der Waals surface area contributed by atoms with Crippen molar-refractivity contribution in [3.63, 3.8) is 0 Å². The Hall–Kier alpha value is -3.69. The third-order valence-electron chi connectivity index (χ3n) is 4.89. The molecule has 4 aromatic rings. The molecule has 1 aromatic heterocycles. The van der Waals surface area contributed by atoms with Crippen molar-refractivity contribution in [2.75, 3.05) is 10.8 Å². The molecule has 0 N–H and O–H groups in total. The van der Waals surface area contributed by atoms with Gasteiger partial charge in [-0.05, 0) is 59.3 Å². The van der Waals surface area contributed by atoms with E-state index >= 15 is 0 Å². The minimum atomic E-state index is -3.82. The van der Waals surface area contributed by atoms with Gasteiger partial charge < -0.3 is 0 Å². The van der Waals surface area contributed by atoms with Crippen molar-refractivity contribution in [1.29, 1.82) is 5.26 Å². The molecule has 0 aliphatic rings. The lowest BCUT2D eigenvalue weighted by Crippen LogP contribution is -2.33. The first-order valence-electron chi connectivity index (χ1n) is 9.49. The summed E-state index contributed by atoms with van der Waals surface area (Å²) in [5.74, 6) is 0. The lowest BCUT2D eigenvalue weighted by atomic mass is 10.1. The summed E-state index contributed by atoms with van der Waals surface area (Å²) in [6.45, 7) is 0.248. The van der Waals surface area contributed by atoms with Gasteiger partial charge in [-0.2, -0.15) is 5.26 Å². The van der Waals surface area contributed by atoms with Crippen LogP contribution >= 0.6 is 0 Å². The van der Waals surface area contributed by atoms with E-state index in [9.17, 15) is 8.42 Å². The molecule has 0 saturated heterocycles. The Morgan fingerprint density at radius 2 is 1.60 bits per heavy atom. The number of sulfonamides is 1. The van der Waals surface area contributed by atoms with Gasteiger partial charge >= 0.3 is 0 Å². The van der Waals surface area contributed by atoms with Gasteiger partial charge in [0.05, 0.1) is 22.2 Å². The summed E-state index contributed by atoms with van der Waals surface area (Å²) < 4.78 is 28.4. The molecule has 0 aliphatic carbocycles. The third kappa shape index (κ3) is 4.02. The number of nitrogens with zero attached hydrogens (tertiary/aromatic N) is 3. The smallest absolute Gasteiger partial charge is 0.264 e. The summed E-state index contributed by atoms with van der Waals surface area (Å²) in [6.07, 6.45) is 2.17. The van der Waals surface area contributed by atoms with E-state index in [1.807, 2.05) is 66.7 Å². The highest BCUT2D eigenvalue weighted by atomic mass is 32.2. The zero-order chi connectivity index (χ0) is 21.0. The van der Waals surface area contributed by atoms with Crippen LogP contribution < -0.4 is 4.31 Å². The summed E-state index contributed by atoms with van der Waals surface area (Å²) >= 11 is 0. The minimum Gasteiger partial charge on any atom is -0.266 e. The van der Waals surface area contributed by atoms with Crippen molar-refractivity contribution in [3.05, 3.63) is 102 Å². The van der Waals surface area contributed by atoms with E-state index in [1.54, 1.807) is 6.20 Å². The van der Waals surface area contributed by atoms with Crippen molar-refractivity contribution in [1.82, 2.24) is 4.98 Å². The topological polar surface area (TPSA) is 74.1 Å². The van der Waals surface area contributed by atoms with E-state index in [2.05, 4.69) is 4.98 Å². The molecular formula is C24H19N3O2S. The van der Waals surface area contributed by atoms with Crippen LogP contribution in [0.15, 0.2) is 96.0 Å². The first-order valence-corrected chi connectivity index (χ1v) is 10.9. The van der Waals surface area contributed by atoms with Gasteiger partial charge in [0.25, 0.3) is 10.0 Å². The summed E-state index contributed by atoms with van der Waals surface area (Å²) in [5.41, 5.74) is 1.83. The van der Waals surface area contributed by atoms with Crippen LogP contribution in [0.25, 0.3) is 10.8 Å². The van der Waals surface area contributed by atoms with Crippen molar-refractivity contribution in [3.8, 4) is 6.07 Å². The monoisotopic (exact) mass is 413 g/mol. The molecule has 1 heterocycles. The standard InChI is InChI=1S/C24H19N3O2S/c25-18-19-8-12-24(13-9-19)30(28,29)27(16-14-22-7-3-4-15-26-22)23-11-10-20-5-1-2-6-21(20)17-23/h1-13,15,17H,14,16H2. The molecule has 0 amide bonds. The molecule has 0 bridgehead atoms. The van der Waals surface area contributed by atoms with Crippen molar-refractivity contribution in [2.24, 2.45) is 0 Å². The van der Waals surface area contributed by atoms with Crippen molar-refractivity contribution < 1.29 is 8.42 Å². The number of hydrogen-bond donors (Lipinski definition) is 0. The molecule has 6 heteroatoms. The molecule has 0 spiro atoms. The fourth-order valence-electron chi connectivity index (χ4n) is 3.31. The maximum atomic E-state index is 13.5. The van der Waals surface area contributed by atoms with Gasteiger partial charge in [-0.1, -0.05) is 36.4 Å². The molecule has 0 aliphatic heterocycles. The van der Waals surface area contributed by atoms with Crippen LogP contribution in [0.1, 0.15) is 11.3 Å². The second kappa shape index (κ2) is 8.36. The highest BCUT2D eigenvalue weighted by Gasteiger charge is 2.25. The SMILES string of the molecule is N#Cc1ccc(S(=O)(=O)N(CCc2ccccn2)c2ccc3ccccc3c2)cc1. The Morgan fingerprint density at radius 1 is 0.867 bits per heavy atom. The van der Waals surface area contributed by atoms with Crippen LogP contribution in [0.4, 0.5) is 5.69 Å². The molecule has 0 atom stereocenters. The Bertz CT molecular complexity index is 1310. The predicted molar refractivity (Wildman–Crippen MR) is 118 cm³/mol. The van der Waals surface area contributed by atoms with Gasteiger partial charge in [0.1, 0.15) is 0 Å². The Labute approximate surface area is 175 Å². The first kappa shape index (κ1) is 19.6. The number of pyridine rings is 1. The van der Waals surface area contributed by atoms with Gasteiger partial charge in [0.15, 0.2) is 0 Å². The third-order valence-corrected chi connectivity index (χ3v) is 6.73. The second-order valence-corrected chi connectivity index (χ2v) is 8.68. The van der Waals surface area contributed by atoms with Crippen LogP contribution in [0, 0.1) is 11.3 Å². The second-order valence-electron chi connectivity index (χ2n) is 6.82. The fraction of sp³-hybridized carbons (Fsp3) is 0.0833. The van der Waals surface area contributed by atoms with Gasteiger partial charge in [-0.3, -0.25) is 9.29 Å². The fourth-order valence-corrected chi connectivity index (χ4v) is 4.77. The zero-order valence-electron chi connectivity index (χ0n) is 16.1. The first-order chi connectivity index (χ1) is 14.6. The number of anilines is 1. The zero-order valence-corrected chi connectivity index (χ0v) is 17.0. The average Bonchev–Trinajstić information content (AvgIpc) is 2.79.